The molecule has 0 aliphatic carbocycles. The first-order valence-electron chi connectivity index (χ1n) is 7.44. The highest BCUT2D eigenvalue weighted by atomic mass is 35.5. The number of carbonyl (C=O) groups is 1. The molecule has 1 aromatic heterocycles. The fourth-order valence-corrected chi connectivity index (χ4v) is 2.85. The number of halogens is 2. The van der Waals surface area contributed by atoms with Crippen LogP contribution in [0.5, 0.6) is 5.75 Å². The van der Waals surface area contributed by atoms with E-state index in [9.17, 15) is 9.59 Å². The first-order valence-corrected chi connectivity index (χ1v) is 8.19. The number of carbonyl (C=O) groups excluding carboxylic acids is 1. The average Bonchev–Trinajstić information content (AvgIpc) is 2.52. The highest BCUT2D eigenvalue weighted by molar-refractivity contribution is 6.40. The normalized spacial score (nSPS) is 10.8. The second-order valence-corrected chi connectivity index (χ2v) is 5.75. The van der Waals surface area contributed by atoms with Crippen molar-refractivity contribution >= 4 is 40.2 Å². The highest BCUT2D eigenvalue weighted by Gasteiger charge is 2.21. The molecule has 23 heavy (non-hydrogen) atoms. The smallest absolute Gasteiger partial charge is 0.409 e. The molecule has 5 nitrogen and oxygen atoms in total. The maximum Gasteiger partial charge on any atom is 0.415 e. The van der Waals surface area contributed by atoms with E-state index in [1.165, 1.54) is 4.90 Å². The van der Waals surface area contributed by atoms with Gasteiger partial charge in [0.15, 0.2) is 5.75 Å². The molecule has 0 aliphatic heterocycles. The van der Waals surface area contributed by atoms with Crippen molar-refractivity contribution in [3.63, 3.8) is 0 Å². The highest BCUT2D eigenvalue weighted by Crippen LogP contribution is 2.36. The summed E-state index contributed by atoms with van der Waals surface area (Å²) in [4.78, 5) is 28.8. The summed E-state index contributed by atoms with van der Waals surface area (Å²) in [5.41, 5.74) is 0.386. The Balaban J connectivity index is 2.72. The summed E-state index contributed by atoms with van der Waals surface area (Å²) in [6.45, 7) is 6.53. The number of pyridine rings is 1. The summed E-state index contributed by atoms with van der Waals surface area (Å²) < 4.78 is 5.53. The summed E-state index contributed by atoms with van der Waals surface area (Å²) in [6, 6.07) is 3.20. The topological polar surface area (TPSA) is 62.4 Å². The van der Waals surface area contributed by atoms with Crippen LogP contribution in [0.15, 0.2) is 16.9 Å². The molecule has 0 saturated heterocycles. The molecule has 0 fully saturated rings. The lowest BCUT2D eigenvalue weighted by atomic mass is 10.1. The number of benzene rings is 1. The van der Waals surface area contributed by atoms with E-state index in [0.29, 0.717) is 46.0 Å². The molecule has 0 unspecified atom stereocenters. The number of aromatic amines is 1. The van der Waals surface area contributed by atoms with E-state index in [-0.39, 0.29) is 11.3 Å². The summed E-state index contributed by atoms with van der Waals surface area (Å²) in [5.74, 6) is 0.177. The molecular formula is C16H18Cl2N2O3. The van der Waals surface area contributed by atoms with Gasteiger partial charge in [0.25, 0.3) is 5.56 Å². The van der Waals surface area contributed by atoms with Crippen LogP contribution in [0.2, 0.25) is 10.0 Å². The quantitative estimate of drug-likeness (QED) is 0.890. The summed E-state index contributed by atoms with van der Waals surface area (Å²) in [6.07, 6.45) is -0.123. The van der Waals surface area contributed by atoms with E-state index in [1.807, 2.05) is 20.8 Å². The van der Waals surface area contributed by atoms with E-state index in [1.54, 1.807) is 12.1 Å². The summed E-state index contributed by atoms with van der Waals surface area (Å²) >= 11 is 12.4. The van der Waals surface area contributed by atoms with Crippen LogP contribution in [-0.2, 0) is 6.42 Å². The Labute approximate surface area is 144 Å². The molecule has 1 N–H and O–H groups in total. The molecule has 7 heteroatoms. The van der Waals surface area contributed by atoms with Gasteiger partial charge >= 0.3 is 6.09 Å². The van der Waals surface area contributed by atoms with Crippen molar-refractivity contribution in [2.75, 3.05) is 13.1 Å². The molecule has 124 valence electrons. The number of aromatic nitrogens is 1. The van der Waals surface area contributed by atoms with Crippen molar-refractivity contribution in [3.05, 3.63) is 38.1 Å². The van der Waals surface area contributed by atoms with E-state index in [4.69, 9.17) is 27.9 Å². The van der Waals surface area contributed by atoms with Gasteiger partial charge in [-0.1, -0.05) is 30.1 Å². The van der Waals surface area contributed by atoms with Gasteiger partial charge in [0, 0.05) is 13.1 Å². The predicted octanol–water partition coefficient (Wildman–Crippen LogP) is 4.24. The second kappa shape index (κ2) is 7.23. The number of amides is 1. The molecule has 2 aromatic rings. The third kappa shape index (κ3) is 3.31. The van der Waals surface area contributed by atoms with Crippen molar-refractivity contribution in [2.24, 2.45) is 0 Å². The number of fused-ring (bicyclic) bond motifs is 1. The minimum absolute atomic E-state index is 0.177. The van der Waals surface area contributed by atoms with Crippen LogP contribution in [0.3, 0.4) is 0 Å². The Morgan fingerprint density at radius 1 is 1.17 bits per heavy atom. The molecule has 0 radical (unpaired) electrons. The molecule has 0 aliphatic rings. The third-order valence-electron chi connectivity index (χ3n) is 3.68. The lowest BCUT2D eigenvalue weighted by Gasteiger charge is -2.20. The number of nitrogens with one attached hydrogen (secondary N) is 1. The van der Waals surface area contributed by atoms with Crippen LogP contribution in [0, 0.1) is 0 Å². The molecule has 0 spiro atoms. The van der Waals surface area contributed by atoms with Crippen LogP contribution in [0.4, 0.5) is 4.79 Å². The molecule has 1 heterocycles. The maximum atomic E-state index is 12.3. The van der Waals surface area contributed by atoms with Crippen LogP contribution < -0.4 is 10.3 Å². The largest absolute Gasteiger partial charge is 0.415 e. The van der Waals surface area contributed by atoms with Crippen molar-refractivity contribution < 1.29 is 9.53 Å². The molecule has 2 rings (SSSR count). The number of H-pyrrole nitrogens is 1. The van der Waals surface area contributed by atoms with Gasteiger partial charge in [0.05, 0.1) is 26.5 Å². The van der Waals surface area contributed by atoms with Crippen molar-refractivity contribution in [1.29, 1.82) is 0 Å². The standard InChI is InChI=1S/C16H18Cl2N2O3/c1-4-9-14(23-16(22)20(5-2)6-3)12-10(17)7-8-11(18)13(12)19-15(9)21/h7-8H,4-6H2,1-3H3,(H,19,21). The lowest BCUT2D eigenvalue weighted by molar-refractivity contribution is 0.157. The number of nitrogens with zero attached hydrogens (tertiary/aromatic N) is 1. The minimum Gasteiger partial charge on any atom is -0.409 e. The van der Waals surface area contributed by atoms with Gasteiger partial charge in [-0.3, -0.25) is 4.79 Å². The van der Waals surface area contributed by atoms with Gasteiger partial charge in [0.1, 0.15) is 0 Å². The van der Waals surface area contributed by atoms with Gasteiger partial charge in [-0.05, 0) is 32.4 Å². The first-order chi connectivity index (χ1) is 10.9. The Morgan fingerprint density at radius 2 is 1.78 bits per heavy atom. The van der Waals surface area contributed by atoms with E-state index >= 15 is 0 Å². The van der Waals surface area contributed by atoms with Gasteiger partial charge in [0.2, 0.25) is 0 Å². The van der Waals surface area contributed by atoms with Gasteiger partial charge in [-0.15, -0.1) is 0 Å². The van der Waals surface area contributed by atoms with E-state index in [2.05, 4.69) is 4.98 Å². The van der Waals surface area contributed by atoms with Crippen molar-refractivity contribution in [2.45, 2.75) is 27.2 Å². The molecule has 1 amide bonds. The maximum absolute atomic E-state index is 12.3. The fourth-order valence-electron chi connectivity index (χ4n) is 2.41. The predicted molar refractivity (Wildman–Crippen MR) is 92.9 cm³/mol. The zero-order valence-electron chi connectivity index (χ0n) is 13.2. The van der Waals surface area contributed by atoms with Gasteiger partial charge in [-0.2, -0.15) is 0 Å². The number of rotatable bonds is 4. The van der Waals surface area contributed by atoms with Crippen LogP contribution in [-0.4, -0.2) is 29.1 Å². The average molecular weight is 357 g/mol. The SMILES string of the molecule is CCc1c(OC(=O)N(CC)CC)c2c(Cl)ccc(Cl)c2[nH]c1=O. The van der Waals surface area contributed by atoms with E-state index < -0.39 is 6.09 Å². The Kier molecular flexibility index (Phi) is 5.55. The second-order valence-electron chi connectivity index (χ2n) is 4.93. The minimum atomic E-state index is -0.521. The van der Waals surface area contributed by atoms with Crippen molar-refractivity contribution in [3.8, 4) is 5.75 Å². The van der Waals surface area contributed by atoms with Crippen molar-refractivity contribution in [1.82, 2.24) is 9.88 Å². The Morgan fingerprint density at radius 3 is 2.35 bits per heavy atom. The summed E-state index contributed by atoms with van der Waals surface area (Å²) in [5, 5.41) is 1.14. The van der Waals surface area contributed by atoms with Crippen LogP contribution >= 0.6 is 23.2 Å². The third-order valence-corrected chi connectivity index (χ3v) is 4.31. The number of ether oxygens (including phenoxy) is 1. The number of hydrogen-bond acceptors (Lipinski definition) is 3. The molecular weight excluding hydrogens is 339 g/mol. The van der Waals surface area contributed by atoms with Gasteiger partial charge < -0.3 is 14.6 Å². The zero-order chi connectivity index (χ0) is 17.1. The fraction of sp³-hybridized carbons (Fsp3) is 0.375. The summed E-state index contributed by atoms with van der Waals surface area (Å²) in [7, 11) is 0. The monoisotopic (exact) mass is 356 g/mol. The Bertz CT molecular complexity index is 798. The van der Waals surface area contributed by atoms with E-state index in [0.717, 1.165) is 0 Å². The first kappa shape index (κ1) is 17.6. The Hall–Kier alpha value is -1.72. The van der Waals surface area contributed by atoms with Gasteiger partial charge in [-0.25, -0.2) is 4.79 Å². The zero-order valence-corrected chi connectivity index (χ0v) is 14.7. The lowest BCUT2D eigenvalue weighted by Crippen LogP contribution is -2.33. The molecule has 0 saturated carbocycles. The molecule has 0 atom stereocenters. The van der Waals surface area contributed by atoms with Crippen LogP contribution in [0.1, 0.15) is 26.3 Å². The number of hydrogen-bond donors (Lipinski definition) is 1. The molecule has 1 aromatic carbocycles. The molecule has 0 bridgehead atoms. The van der Waals surface area contributed by atoms with Crippen LogP contribution in [0.25, 0.3) is 10.9 Å².